The number of fused-ring (bicyclic) bond motifs is 2. The van der Waals surface area contributed by atoms with E-state index >= 15 is 0 Å². The largest absolute Gasteiger partial charge is 0.336 e. The average Bonchev–Trinajstić information content (AvgIpc) is 3.31. The summed E-state index contributed by atoms with van der Waals surface area (Å²) in [7, 11) is 0. The maximum Gasteiger partial charge on any atom is 0.212 e. The molecule has 1 N–H and O–H groups in total. The summed E-state index contributed by atoms with van der Waals surface area (Å²) in [6.45, 7) is 2.08. The third kappa shape index (κ3) is 2.87. The van der Waals surface area contributed by atoms with Crippen LogP contribution in [0.5, 0.6) is 0 Å². The molecule has 0 amide bonds. The molecular formula is C22H19Cl2N3O. The SMILES string of the molecule is O=C(c1[nH]c2ncccc2c1C1=CCN2CCCC2C1)c1c(Cl)cccc1Cl. The van der Waals surface area contributed by atoms with Gasteiger partial charge in [0, 0.05) is 29.7 Å². The number of ketones is 1. The number of carbonyl (C=O) groups is 1. The second-order valence-corrected chi connectivity index (χ2v) is 8.24. The number of rotatable bonds is 3. The highest BCUT2D eigenvalue weighted by atomic mass is 35.5. The van der Waals surface area contributed by atoms with Crippen LogP contribution in [0, 0.1) is 0 Å². The van der Waals surface area contributed by atoms with Crippen molar-refractivity contribution < 1.29 is 4.79 Å². The van der Waals surface area contributed by atoms with Crippen molar-refractivity contribution >= 4 is 45.6 Å². The first kappa shape index (κ1) is 17.9. The van der Waals surface area contributed by atoms with Crippen LogP contribution in [0.1, 0.15) is 40.9 Å². The third-order valence-electron chi connectivity index (χ3n) is 5.84. The first-order valence-electron chi connectivity index (χ1n) is 9.52. The van der Waals surface area contributed by atoms with Gasteiger partial charge >= 0.3 is 0 Å². The maximum absolute atomic E-state index is 13.5. The molecule has 4 heterocycles. The summed E-state index contributed by atoms with van der Waals surface area (Å²) in [5, 5.41) is 1.68. The molecule has 1 saturated heterocycles. The summed E-state index contributed by atoms with van der Waals surface area (Å²) >= 11 is 12.7. The van der Waals surface area contributed by atoms with Gasteiger partial charge in [0.2, 0.25) is 5.78 Å². The lowest BCUT2D eigenvalue weighted by atomic mass is 9.90. The van der Waals surface area contributed by atoms with Crippen molar-refractivity contribution in [3.8, 4) is 0 Å². The minimum atomic E-state index is -0.196. The van der Waals surface area contributed by atoms with E-state index in [2.05, 4.69) is 20.9 Å². The molecule has 2 aliphatic rings. The molecule has 1 fully saturated rings. The lowest BCUT2D eigenvalue weighted by Crippen LogP contribution is -2.33. The van der Waals surface area contributed by atoms with Gasteiger partial charge in [-0.25, -0.2) is 4.98 Å². The summed E-state index contributed by atoms with van der Waals surface area (Å²) in [4.78, 5) is 23.7. The van der Waals surface area contributed by atoms with Gasteiger partial charge in [-0.3, -0.25) is 9.69 Å². The molecule has 0 aliphatic carbocycles. The number of nitrogens with one attached hydrogen (secondary N) is 1. The lowest BCUT2D eigenvalue weighted by Gasteiger charge is -2.29. The van der Waals surface area contributed by atoms with Crippen molar-refractivity contribution in [2.75, 3.05) is 13.1 Å². The number of benzene rings is 1. The fourth-order valence-electron chi connectivity index (χ4n) is 4.50. The number of aromatic amines is 1. The van der Waals surface area contributed by atoms with Crippen LogP contribution >= 0.6 is 23.2 Å². The lowest BCUT2D eigenvalue weighted by molar-refractivity contribution is 0.103. The van der Waals surface area contributed by atoms with Gasteiger partial charge in [0.1, 0.15) is 5.65 Å². The minimum absolute atomic E-state index is 0.196. The molecule has 2 aromatic heterocycles. The number of pyridine rings is 1. The van der Waals surface area contributed by atoms with Gasteiger partial charge in [-0.15, -0.1) is 0 Å². The molecule has 1 atom stereocenters. The number of nitrogens with zero attached hydrogens (tertiary/aromatic N) is 2. The van der Waals surface area contributed by atoms with Crippen LogP contribution in [-0.4, -0.2) is 39.8 Å². The molecule has 0 saturated carbocycles. The van der Waals surface area contributed by atoms with Crippen LogP contribution in [-0.2, 0) is 0 Å². The Kier molecular flexibility index (Phi) is 4.50. The van der Waals surface area contributed by atoms with E-state index in [9.17, 15) is 4.79 Å². The minimum Gasteiger partial charge on any atom is -0.336 e. The van der Waals surface area contributed by atoms with Crippen LogP contribution in [0.15, 0.2) is 42.6 Å². The standard InChI is InChI=1S/C22H19Cl2N3O/c23-16-6-1-7-17(24)19(16)21(28)20-18(15-5-2-9-25-22(15)26-20)13-8-11-27-10-3-4-14(27)12-13/h1-2,5-9,14H,3-4,10-12H2,(H,25,26). The summed E-state index contributed by atoms with van der Waals surface area (Å²) in [5.41, 5.74) is 3.70. The Bertz CT molecular complexity index is 1100. The van der Waals surface area contributed by atoms with E-state index in [0.717, 1.165) is 30.5 Å². The predicted molar refractivity (Wildman–Crippen MR) is 113 cm³/mol. The predicted octanol–water partition coefficient (Wildman–Crippen LogP) is 5.35. The van der Waals surface area contributed by atoms with Gasteiger partial charge in [-0.2, -0.15) is 0 Å². The van der Waals surface area contributed by atoms with Crippen LogP contribution < -0.4 is 0 Å². The number of hydrogen-bond acceptors (Lipinski definition) is 3. The van der Waals surface area contributed by atoms with Crippen molar-refractivity contribution in [3.05, 3.63) is 69.5 Å². The van der Waals surface area contributed by atoms with Crippen molar-refractivity contribution in [1.82, 2.24) is 14.9 Å². The normalized spacial score (nSPS) is 19.6. The van der Waals surface area contributed by atoms with E-state index in [0.29, 0.717) is 33.0 Å². The monoisotopic (exact) mass is 411 g/mol. The van der Waals surface area contributed by atoms with E-state index in [1.54, 1.807) is 24.4 Å². The maximum atomic E-state index is 13.5. The zero-order valence-electron chi connectivity index (χ0n) is 15.2. The van der Waals surface area contributed by atoms with E-state index in [1.165, 1.54) is 18.4 Å². The smallest absolute Gasteiger partial charge is 0.212 e. The molecular weight excluding hydrogens is 393 g/mol. The third-order valence-corrected chi connectivity index (χ3v) is 6.47. The van der Waals surface area contributed by atoms with Gasteiger partial charge in [0.05, 0.1) is 21.3 Å². The van der Waals surface area contributed by atoms with Crippen LogP contribution in [0.25, 0.3) is 16.6 Å². The van der Waals surface area contributed by atoms with E-state index < -0.39 is 0 Å². The van der Waals surface area contributed by atoms with Gasteiger partial charge < -0.3 is 4.98 Å². The topological polar surface area (TPSA) is 49.0 Å². The number of halogens is 2. The van der Waals surface area contributed by atoms with E-state index in [1.807, 2.05) is 12.1 Å². The van der Waals surface area contributed by atoms with Crippen molar-refractivity contribution in [2.45, 2.75) is 25.3 Å². The first-order valence-corrected chi connectivity index (χ1v) is 10.3. The molecule has 0 spiro atoms. The summed E-state index contributed by atoms with van der Waals surface area (Å²) < 4.78 is 0. The number of H-pyrrole nitrogens is 1. The number of hydrogen-bond donors (Lipinski definition) is 1. The number of aromatic nitrogens is 2. The molecule has 4 nitrogen and oxygen atoms in total. The highest BCUT2D eigenvalue weighted by Crippen LogP contribution is 2.38. The molecule has 142 valence electrons. The summed E-state index contributed by atoms with van der Waals surface area (Å²) in [6.07, 6.45) is 7.37. The summed E-state index contributed by atoms with van der Waals surface area (Å²) in [6, 6.07) is 9.60. The highest BCUT2D eigenvalue weighted by molar-refractivity contribution is 6.41. The fourth-order valence-corrected chi connectivity index (χ4v) is 5.07. The van der Waals surface area contributed by atoms with Crippen molar-refractivity contribution in [1.29, 1.82) is 0 Å². The zero-order valence-corrected chi connectivity index (χ0v) is 16.7. The van der Waals surface area contributed by atoms with E-state index in [-0.39, 0.29) is 5.78 Å². The average molecular weight is 412 g/mol. The highest BCUT2D eigenvalue weighted by Gasteiger charge is 2.31. The first-order chi connectivity index (χ1) is 13.6. The Morgan fingerprint density at radius 2 is 2.00 bits per heavy atom. The Hall–Kier alpha value is -2.14. The van der Waals surface area contributed by atoms with Crippen molar-refractivity contribution in [2.24, 2.45) is 0 Å². The van der Waals surface area contributed by atoms with Gasteiger partial charge in [-0.1, -0.05) is 35.3 Å². The van der Waals surface area contributed by atoms with Gasteiger partial charge in [-0.05, 0) is 55.6 Å². The molecule has 1 aromatic carbocycles. The van der Waals surface area contributed by atoms with Crippen molar-refractivity contribution in [3.63, 3.8) is 0 Å². The molecule has 28 heavy (non-hydrogen) atoms. The van der Waals surface area contributed by atoms with Crippen LogP contribution in [0.4, 0.5) is 0 Å². The second-order valence-electron chi connectivity index (χ2n) is 7.42. The Balaban J connectivity index is 1.68. The molecule has 2 aliphatic heterocycles. The Labute approximate surface area is 173 Å². The molecule has 6 heteroatoms. The quantitative estimate of drug-likeness (QED) is 0.590. The van der Waals surface area contributed by atoms with E-state index in [4.69, 9.17) is 23.2 Å². The molecule has 0 bridgehead atoms. The molecule has 1 unspecified atom stereocenters. The second kappa shape index (κ2) is 7.03. The fraction of sp³-hybridized carbons (Fsp3) is 0.273. The van der Waals surface area contributed by atoms with Crippen LogP contribution in [0.3, 0.4) is 0 Å². The molecule has 0 radical (unpaired) electrons. The van der Waals surface area contributed by atoms with Gasteiger partial charge in [0.15, 0.2) is 0 Å². The van der Waals surface area contributed by atoms with Crippen LogP contribution in [0.2, 0.25) is 10.0 Å². The zero-order chi connectivity index (χ0) is 19.3. The number of carbonyl (C=O) groups excluding carboxylic acids is 1. The Morgan fingerprint density at radius 1 is 1.18 bits per heavy atom. The Morgan fingerprint density at radius 3 is 2.82 bits per heavy atom. The molecule has 5 rings (SSSR count). The van der Waals surface area contributed by atoms with Gasteiger partial charge in [0.25, 0.3) is 0 Å². The summed E-state index contributed by atoms with van der Waals surface area (Å²) in [5.74, 6) is -0.196. The molecule has 3 aromatic rings.